The van der Waals surface area contributed by atoms with Crippen LogP contribution in [-0.2, 0) is 11.0 Å². The average Bonchev–Trinajstić information content (AvgIpc) is 2.44. The van der Waals surface area contributed by atoms with Gasteiger partial charge in [-0.1, -0.05) is 12.1 Å². The van der Waals surface area contributed by atoms with Crippen LogP contribution in [0.25, 0.3) is 0 Å². The molecule has 0 bridgehead atoms. The van der Waals surface area contributed by atoms with Crippen molar-refractivity contribution >= 4 is 19.2 Å². The molecule has 0 atom stereocenters. The number of carbonyl (C=O) groups excluding carboxylic acids is 1. The van der Waals surface area contributed by atoms with Crippen LogP contribution in [0.15, 0.2) is 36.4 Å². The summed E-state index contributed by atoms with van der Waals surface area (Å²) < 4.78 is 11.1. The number of phenols is 3. The maximum absolute atomic E-state index is 12.4. The van der Waals surface area contributed by atoms with Crippen molar-refractivity contribution in [3.8, 4) is 17.2 Å². The number of nitrogens with one attached hydrogen (secondary N) is 1. The second-order valence-corrected chi connectivity index (χ2v) is 6.80. The van der Waals surface area contributed by atoms with Gasteiger partial charge in [-0.25, -0.2) is 4.57 Å². The molecule has 2 aromatic carbocycles. The predicted molar refractivity (Wildman–Crippen MR) is 90.8 cm³/mol. The van der Waals surface area contributed by atoms with Crippen LogP contribution in [0.3, 0.4) is 0 Å². The van der Waals surface area contributed by atoms with Crippen molar-refractivity contribution < 1.29 is 34.5 Å². The number of Topliss-reactive ketones (excluding diaryl/α,β-unsaturated/α-hetero) is 1. The number of anilines is 1. The summed E-state index contributed by atoms with van der Waals surface area (Å²) >= 11 is 0. The summed E-state index contributed by atoms with van der Waals surface area (Å²) in [6, 6.07) is 8.46. The molecule has 0 heterocycles. The molecule has 25 heavy (non-hydrogen) atoms. The minimum absolute atomic E-state index is 0.00380. The maximum atomic E-state index is 12.4. The normalized spacial score (nSPS) is 11.3. The zero-order chi connectivity index (χ0) is 18.6. The first-order valence-corrected chi connectivity index (χ1v) is 8.98. The van der Waals surface area contributed by atoms with E-state index in [0.717, 1.165) is 17.7 Å². The van der Waals surface area contributed by atoms with Crippen LogP contribution in [0.4, 0.5) is 5.69 Å². The maximum Gasteiger partial charge on any atom is 0.427 e. The van der Waals surface area contributed by atoms with Crippen LogP contribution in [0.1, 0.15) is 28.8 Å². The third-order valence-corrected chi connectivity index (χ3v) is 3.96. The van der Waals surface area contributed by atoms with Crippen molar-refractivity contribution in [2.45, 2.75) is 19.3 Å². The standard InChI is InChI=1S/C16H18NO7P/c18-11-5-1-3-10(7-11)4-2-6-14(20)16-13(17-25(22,23)24)8-12(19)9-15(16)21/h1,3,5,7-9,18-19,21H,2,4,6H2,(H3,17,22,23,24). The Balaban J connectivity index is 2.14. The fourth-order valence-corrected chi connectivity index (χ4v) is 2.93. The van der Waals surface area contributed by atoms with Crippen molar-refractivity contribution in [2.24, 2.45) is 0 Å². The molecule has 8 nitrogen and oxygen atoms in total. The quantitative estimate of drug-likeness (QED) is 0.323. The number of hydrogen-bond donors (Lipinski definition) is 6. The lowest BCUT2D eigenvalue weighted by Crippen LogP contribution is -2.06. The number of phenolic OH excluding ortho intramolecular Hbond substituents is 3. The zero-order valence-electron chi connectivity index (χ0n) is 13.1. The van der Waals surface area contributed by atoms with Crippen LogP contribution >= 0.6 is 7.75 Å². The van der Waals surface area contributed by atoms with Gasteiger partial charge in [-0.2, -0.15) is 0 Å². The molecule has 134 valence electrons. The Morgan fingerprint density at radius 1 is 1.04 bits per heavy atom. The molecule has 2 aromatic rings. The number of aromatic hydroxyl groups is 3. The predicted octanol–water partition coefficient (Wildman–Crippen LogP) is 2.51. The van der Waals surface area contributed by atoms with E-state index >= 15 is 0 Å². The molecule has 6 N–H and O–H groups in total. The summed E-state index contributed by atoms with van der Waals surface area (Å²) in [5.74, 6) is -1.43. The lowest BCUT2D eigenvalue weighted by atomic mass is 10.0. The number of benzene rings is 2. The van der Waals surface area contributed by atoms with Gasteiger partial charge >= 0.3 is 7.75 Å². The highest BCUT2D eigenvalue weighted by Gasteiger charge is 2.22. The van der Waals surface area contributed by atoms with Crippen molar-refractivity contribution in [2.75, 3.05) is 5.09 Å². The van der Waals surface area contributed by atoms with E-state index < -0.39 is 25.0 Å². The van der Waals surface area contributed by atoms with Crippen LogP contribution in [0.5, 0.6) is 17.2 Å². The Hall–Kier alpha value is -2.54. The molecule has 0 saturated carbocycles. The minimum Gasteiger partial charge on any atom is -0.508 e. The van der Waals surface area contributed by atoms with Crippen molar-refractivity contribution in [1.29, 1.82) is 0 Å². The van der Waals surface area contributed by atoms with Crippen LogP contribution < -0.4 is 5.09 Å². The molecule has 0 amide bonds. The van der Waals surface area contributed by atoms with Crippen molar-refractivity contribution in [1.82, 2.24) is 0 Å². The monoisotopic (exact) mass is 367 g/mol. The van der Waals surface area contributed by atoms with E-state index in [1.807, 2.05) is 5.09 Å². The summed E-state index contributed by atoms with van der Waals surface area (Å²) in [4.78, 5) is 30.4. The Labute approximate surface area is 143 Å². The van der Waals surface area contributed by atoms with E-state index in [1.165, 1.54) is 6.07 Å². The van der Waals surface area contributed by atoms with Gasteiger partial charge in [0.1, 0.15) is 17.2 Å². The Morgan fingerprint density at radius 3 is 2.40 bits per heavy atom. The van der Waals surface area contributed by atoms with Gasteiger partial charge in [-0.05, 0) is 30.5 Å². The molecule has 0 spiro atoms. The van der Waals surface area contributed by atoms with Crippen LogP contribution in [-0.4, -0.2) is 30.9 Å². The van der Waals surface area contributed by atoms with Gasteiger partial charge in [0.2, 0.25) is 0 Å². The van der Waals surface area contributed by atoms with Gasteiger partial charge in [-0.15, -0.1) is 0 Å². The zero-order valence-corrected chi connectivity index (χ0v) is 14.0. The third-order valence-electron chi connectivity index (χ3n) is 3.43. The van der Waals surface area contributed by atoms with Crippen molar-refractivity contribution in [3.05, 3.63) is 47.5 Å². The number of rotatable bonds is 7. The van der Waals surface area contributed by atoms with Gasteiger partial charge in [-0.3, -0.25) is 9.88 Å². The highest BCUT2D eigenvalue weighted by atomic mass is 31.2. The molecule has 0 fully saturated rings. The van der Waals surface area contributed by atoms with Crippen LogP contribution in [0, 0.1) is 0 Å². The summed E-state index contributed by atoms with van der Waals surface area (Å²) in [6.07, 6.45) is 0.905. The van der Waals surface area contributed by atoms with E-state index in [9.17, 15) is 24.7 Å². The first-order chi connectivity index (χ1) is 11.7. The average molecular weight is 367 g/mol. The first-order valence-electron chi connectivity index (χ1n) is 7.36. The Bertz CT molecular complexity index is 831. The van der Waals surface area contributed by atoms with Gasteiger partial charge in [0.05, 0.1) is 11.3 Å². The van der Waals surface area contributed by atoms with E-state index in [2.05, 4.69) is 0 Å². The Kier molecular flexibility index (Phi) is 5.69. The summed E-state index contributed by atoms with van der Waals surface area (Å²) in [5.41, 5.74) is 0.196. The topological polar surface area (TPSA) is 147 Å². The SMILES string of the molecule is O=C(CCCc1cccc(O)c1)c1c(O)cc(O)cc1NP(=O)(O)O. The highest BCUT2D eigenvalue weighted by Crippen LogP contribution is 2.41. The molecule has 0 saturated heterocycles. The molecule has 0 aromatic heterocycles. The smallest absolute Gasteiger partial charge is 0.427 e. The lowest BCUT2D eigenvalue weighted by Gasteiger charge is -2.14. The molecule has 0 radical (unpaired) electrons. The van der Waals surface area contributed by atoms with Gasteiger partial charge in [0, 0.05) is 18.6 Å². The number of ketones is 1. The minimum atomic E-state index is -4.73. The molecular weight excluding hydrogens is 349 g/mol. The third kappa shape index (κ3) is 5.49. The molecule has 0 aliphatic carbocycles. The van der Waals surface area contributed by atoms with E-state index in [1.54, 1.807) is 18.2 Å². The highest BCUT2D eigenvalue weighted by molar-refractivity contribution is 7.53. The fraction of sp³-hybridized carbons (Fsp3) is 0.188. The molecule has 9 heteroatoms. The molecule has 0 aliphatic rings. The first kappa shape index (κ1) is 18.8. The molecule has 0 unspecified atom stereocenters. The van der Waals surface area contributed by atoms with E-state index in [0.29, 0.717) is 12.8 Å². The fourth-order valence-electron chi connectivity index (χ4n) is 2.44. The number of aryl methyl sites for hydroxylation is 1. The lowest BCUT2D eigenvalue weighted by molar-refractivity contribution is 0.0978. The largest absolute Gasteiger partial charge is 0.508 e. The van der Waals surface area contributed by atoms with E-state index in [-0.39, 0.29) is 23.4 Å². The van der Waals surface area contributed by atoms with E-state index in [4.69, 9.17) is 9.79 Å². The summed E-state index contributed by atoms with van der Waals surface area (Å²) in [6.45, 7) is 0. The summed E-state index contributed by atoms with van der Waals surface area (Å²) in [5, 5.41) is 30.6. The van der Waals surface area contributed by atoms with Gasteiger partial charge in [0.25, 0.3) is 0 Å². The molecule has 0 aliphatic heterocycles. The number of hydrogen-bond acceptors (Lipinski definition) is 5. The van der Waals surface area contributed by atoms with Gasteiger partial charge < -0.3 is 25.1 Å². The number of carbonyl (C=O) groups is 1. The second-order valence-electron chi connectivity index (χ2n) is 5.49. The molecule has 2 rings (SSSR count). The van der Waals surface area contributed by atoms with Gasteiger partial charge in [0.15, 0.2) is 5.78 Å². The van der Waals surface area contributed by atoms with Crippen molar-refractivity contribution in [3.63, 3.8) is 0 Å². The summed E-state index contributed by atoms with van der Waals surface area (Å²) in [7, 11) is -4.73. The van der Waals surface area contributed by atoms with Crippen LogP contribution in [0.2, 0.25) is 0 Å². The Morgan fingerprint density at radius 2 is 1.76 bits per heavy atom. The molecular formula is C16H18NO7P. The second kappa shape index (κ2) is 7.57.